The van der Waals surface area contributed by atoms with Gasteiger partial charge in [-0.05, 0) is 44.0 Å². The SMILES string of the molecule is CN([C@@H]1COCc2cc(C(F)(F)F)ccc21)[S+]([O-])C(C)(C)C. The van der Waals surface area contributed by atoms with E-state index in [9.17, 15) is 17.7 Å². The first-order chi connectivity index (χ1) is 10.0. The summed E-state index contributed by atoms with van der Waals surface area (Å²) in [6.45, 7) is 6.04. The quantitative estimate of drug-likeness (QED) is 0.774. The first-order valence-corrected chi connectivity index (χ1v) is 8.05. The molecule has 0 aliphatic carbocycles. The second-order valence-electron chi connectivity index (χ2n) is 6.35. The average Bonchev–Trinajstić information content (AvgIpc) is 2.42. The van der Waals surface area contributed by atoms with Crippen LogP contribution in [0.1, 0.15) is 43.5 Å². The Bertz CT molecular complexity index is 543. The number of fused-ring (bicyclic) bond motifs is 1. The summed E-state index contributed by atoms with van der Waals surface area (Å²) in [5.41, 5.74) is 0.568. The number of hydrogen-bond donors (Lipinski definition) is 0. The molecule has 1 aromatic carbocycles. The second kappa shape index (κ2) is 6.03. The smallest absolute Gasteiger partial charge is 0.416 e. The molecule has 0 saturated heterocycles. The van der Waals surface area contributed by atoms with Crippen LogP contribution in [0.3, 0.4) is 0 Å². The fourth-order valence-corrected chi connectivity index (χ4v) is 3.72. The van der Waals surface area contributed by atoms with Crippen molar-refractivity contribution >= 4 is 11.4 Å². The number of ether oxygens (including phenoxy) is 1. The van der Waals surface area contributed by atoms with E-state index in [1.165, 1.54) is 6.07 Å². The van der Waals surface area contributed by atoms with Crippen molar-refractivity contribution in [3.63, 3.8) is 0 Å². The fraction of sp³-hybridized carbons (Fsp3) is 0.600. The normalized spacial score (nSPS) is 20.9. The number of benzene rings is 1. The van der Waals surface area contributed by atoms with E-state index in [0.717, 1.165) is 17.7 Å². The van der Waals surface area contributed by atoms with Crippen molar-refractivity contribution in [1.29, 1.82) is 0 Å². The second-order valence-corrected chi connectivity index (χ2v) is 8.65. The zero-order valence-electron chi connectivity index (χ0n) is 13.0. The Morgan fingerprint density at radius 1 is 1.27 bits per heavy atom. The summed E-state index contributed by atoms with van der Waals surface area (Å²) in [6, 6.07) is 3.35. The maximum Gasteiger partial charge on any atom is 0.416 e. The van der Waals surface area contributed by atoms with Crippen molar-refractivity contribution < 1.29 is 22.5 Å². The number of alkyl halides is 3. The van der Waals surface area contributed by atoms with Crippen LogP contribution in [0, 0.1) is 0 Å². The van der Waals surface area contributed by atoms with Gasteiger partial charge >= 0.3 is 6.18 Å². The summed E-state index contributed by atoms with van der Waals surface area (Å²) in [6.07, 6.45) is -4.37. The summed E-state index contributed by atoms with van der Waals surface area (Å²) >= 11 is -1.28. The van der Waals surface area contributed by atoms with Crippen LogP contribution in [-0.4, -0.2) is 27.3 Å². The number of hydrogen-bond acceptors (Lipinski definition) is 3. The lowest BCUT2D eigenvalue weighted by Crippen LogP contribution is -2.44. The maximum atomic E-state index is 12.8. The summed E-state index contributed by atoms with van der Waals surface area (Å²) < 4.78 is 57.5. The molecular weight excluding hydrogens is 315 g/mol. The van der Waals surface area contributed by atoms with Gasteiger partial charge in [0.2, 0.25) is 0 Å². The highest BCUT2D eigenvalue weighted by Gasteiger charge is 2.39. The molecule has 0 saturated carbocycles. The maximum absolute atomic E-state index is 12.8. The largest absolute Gasteiger partial charge is 0.597 e. The summed E-state index contributed by atoms with van der Waals surface area (Å²) in [4.78, 5) is 0. The molecule has 0 aromatic heterocycles. The number of halogens is 3. The predicted octanol–water partition coefficient (Wildman–Crippen LogP) is 3.67. The minimum Gasteiger partial charge on any atom is -0.597 e. The molecule has 1 heterocycles. The molecule has 0 spiro atoms. The number of nitrogens with zero attached hydrogens (tertiary/aromatic N) is 1. The van der Waals surface area contributed by atoms with Gasteiger partial charge in [-0.15, -0.1) is 4.31 Å². The third-order valence-corrected chi connectivity index (χ3v) is 5.41. The van der Waals surface area contributed by atoms with Gasteiger partial charge in [-0.3, -0.25) is 0 Å². The molecule has 0 N–H and O–H groups in total. The molecule has 2 rings (SSSR count). The van der Waals surface area contributed by atoms with Gasteiger partial charge in [-0.25, -0.2) is 0 Å². The van der Waals surface area contributed by atoms with Crippen molar-refractivity contribution in [3.05, 3.63) is 34.9 Å². The van der Waals surface area contributed by atoms with Gasteiger partial charge in [-0.1, -0.05) is 6.07 Å². The van der Waals surface area contributed by atoms with E-state index in [1.54, 1.807) is 11.4 Å². The molecule has 1 aromatic rings. The molecule has 22 heavy (non-hydrogen) atoms. The minimum atomic E-state index is -4.37. The molecule has 1 aliphatic rings. The Morgan fingerprint density at radius 3 is 2.45 bits per heavy atom. The van der Waals surface area contributed by atoms with Crippen LogP contribution in [0.25, 0.3) is 0 Å². The van der Waals surface area contributed by atoms with Gasteiger partial charge in [0, 0.05) is 18.4 Å². The molecule has 3 nitrogen and oxygen atoms in total. The summed E-state index contributed by atoms with van der Waals surface area (Å²) in [5, 5.41) is 0. The zero-order valence-corrected chi connectivity index (χ0v) is 13.8. The van der Waals surface area contributed by atoms with E-state index < -0.39 is 27.8 Å². The number of likely N-dealkylation sites (N-methyl/N-ethyl adjacent to an activating group) is 1. The summed E-state index contributed by atoms with van der Waals surface area (Å²) in [7, 11) is 1.71. The Hall–Kier alpha value is -0.760. The van der Waals surface area contributed by atoms with E-state index in [1.807, 2.05) is 20.8 Å². The zero-order chi connectivity index (χ0) is 16.7. The molecule has 0 radical (unpaired) electrons. The van der Waals surface area contributed by atoms with Crippen molar-refractivity contribution in [1.82, 2.24) is 4.31 Å². The first-order valence-electron chi connectivity index (χ1n) is 6.94. The molecule has 7 heteroatoms. The van der Waals surface area contributed by atoms with E-state index in [0.29, 0.717) is 12.2 Å². The highest BCUT2D eigenvalue weighted by molar-refractivity contribution is 7.90. The van der Waals surface area contributed by atoms with Gasteiger partial charge in [0.1, 0.15) is 10.8 Å². The molecule has 2 atom stereocenters. The molecule has 0 fully saturated rings. The molecule has 124 valence electrons. The standard InChI is InChI=1S/C15H20F3NO2S/c1-14(2,3)22(20)19(4)13-9-21-8-10-7-11(15(16,17)18)5-6-12(10)13/h5-7,13H,8-9H2,1-4H3/t13-,22?/m1/s1. The third kappa shape index (κ3) is 3.59. The van der Waals surface area contributed by atoms with Gasteiger partial charge in [0.25, 0.3) is 0 Å². The lowest BCUT2D eigenvalue weighted by atomic mass is 9.96. The Balaban J connectivity index is 2.33. The first kappa shape index (κ1) is 17.6. The van der Waals surface area contributed by atoms with Gasteiger partial charge in [0.05, 0.1) is 18.8 Å². The molecule has 1 unspecified atom stereocenters. The van der Waals surface area contributed by atoms with Crippen LogP contribution in [0.15, 0.2) is 18.2 Å². The summed E-state index contributed by atoms with van der Waals surface area (Å²) in [5.74, 6) is 0. The van der Waals surface area contributed by atoms with Crippen molar-refractivity contribution in [3.8, 4) is 0 Å². The predicted molar refractivity (Wildman–Crippen MR) is 79.5 cm³/mol. The number of rotatable bonds is 2. The molecule has 0 bridgehead atoms. The van der Waals surface area contributed by atoms with Gasteiger partial charge in [-0.2, -0.15) is 13.2 Å². The van der Waals surface area contributed by atoms with Crippen molar-refractivity contribution in [2.24, 2.45) is 0 Å². The Morgan fingerprint density at radius 2 is 1.91 bits per heavy atom. The highest BCUT2D eigenvalue weighted by Crippen LogP contribution is 2.37. The van der Waals surface area contributed by atoms with E-state index in [-0.39, 0.29) is 12.6 Å². The van der Waals surface area contributed by atoms with Crippen molar-refractivity contribution in [2.75, 3.05) is 13.7 Å². The lowest BCUT2D eigenvalue weighted by Gasteiger charge is -2.37. The molecule has 1 aliphatic heterocycles. The van der Waals surface area contributed by atoms with Crippen molar-refractivity contribution in [2.45, 2.75) is 44.3 Å². The van der Waals surface area contributed by atoms with E-state index in [4.69, 9.17) is 4.74 Å². The monoisotopic (exact) mass is 335 g/mol. The minimum absolute atomic E-state index is 0.145. The van der Waals surface area contributed by atoms with Crippen LogP contribution < -0.4 is 0 Å². The molecular formula is C15H20F3NO2S. The topological polar surface area (TPSA) is 35.5 Å². The highest BCUT2D eigenvalue weighted by atomic mass is 32.2. The average molecular weight is 335 g/mol. The van der Waals surface area contributed by atoms with E-state index in [2.05, 4.69) is 0 Å². The van der Waals surface area contributed by atoms with Gasteiger partial charge < -0.3 is 9.29 Å². The van der Waals surface area contributed by atoms with E-state index >= 15 is 0 Å². The van der Waals surface area contributed by atoms with Crippen LogP contribution in [0.5, 0.6) is 0 Å². The Kier molecular flexibility index (Phi) is 4.82. The Labute approximate surface area is 131 Å². The van der Waals surface area contributed by atoms with Crippen LogP contribution >= 0.6 is 0 Å². The lowest BCUT2D eigenvalue weighted by molar-refractivity contribution is -0.137. The third-order valence-electron chi connectivity index (χ3n) is 3.59. The molecule has 0 amide bonds. The van der Waals surface area contributed by atoms with Gasteiger partial charge in [0.15, 0.2) is 0 Å². The fourth-order valence-electron chi connectivity index (χ4n) is 2.45. The van der Waals surface area contributed by atoms with Crippen LogP contribution in [0.4, 0.5) is 13.2 Å². The van der Waals surface area contributed by atoms with Crippen LogP contribution in [0.2, 0.25) is 0 Å². The van der Waals surface area contributed by atoms with Crippen LogP contribution in [-0.2, 0) is 28.9 Å².